The zero-order valence-electron chi connectivity index (χ0n) is 27.3. The number of ether oxygens (including phenoxy) is 1. The van der Waals surface area contributed by atoms with E-state index in [1.54, 1.807) is 0 Å². The Morgan fingerprint density at radius 1 is 1.00 bits per heavy atom. The van der Waals surface area contributed by atoms with Crippen LogP contribution in [-0.2, 0) is 19.1 Å². The number of fused-ring (bicyclic) bond motifs is 7. The lowest BCUT2D eigenvalue weighted by atomic mass is 9.44. The smallest absolute Gasteiger partial charge is 0.232 e. The molecule has 8 heteroatoms. The number of likely N-dealkylation sites (N-methyl/N-ethyl adjacent to an activating group) is 1. The first kappa shape index (κ1) is 30.2. The summed E-state index contributed by atoms with van der Waals surface area (Å²) >= 11 is 0. The minimum atomic E-state index is -0.274. The minimum absolute atomic E-state index is 0.0414. The Hall–Kier alpha value is -1.51. The van der Waals surface area contributed by atoms with Crippen LogP contribution in [0.3, 0.4) is 0 Å². The summed E-state index contributed by atoms with van der Waals surface area (Å²) in [6.07, 6.45) is 9.51. The van der Waals surface area contributed by atoms with Gasteiger partial charge in [0.15, 0.2) is 0 Å². The second-order valence-corrected chi connectivity index (χ2v) is 16.6. The molecule has 8 nitrogen and oxygen atoms in total. The summed E-state index contributed by atoms with van der Waals surface area (Å²) in [7, 11) is 2.07. The van der Waals surface area contributed by atoms with Crippen molar-refractivity contribution in [2.75, 3.05) is 39.8 Å². The van der Waals surface area contributed by atoms with Crippen molar-refractivity contribution in [2.24, 2.45) is 52.3 Å². The van der Waals surface area contributed by atoms with E-state index in [-0.39, 0.29) is 46.9 Å². The molecule has 43 heavy (non-hydrogen) atoms. The molecule has 0 aromatic rings. The van der Waals surface area contributed by atoms with Crippen LogP contribution in [0.15, 0.2) is 0 Å². The van der Waals surface area contributed by atoms with E-state index in [9.17, 15) is 14.4 Å². The van der Waals surface area contributed by atoms with Crippen LogP contribution < -0.4 is 10.6 Å². The third-order valence-corrected chi connectivity index (χ3v) is 14.5. The molecule has 12 atom stereocenters. The van der Waals surface area contributed by atoms with Crippen LogP contribution >= 0.6 is 0 Å². The van der Waals surface area contributed by atoms with Crippen molar-refractivity contribution in [3.63, 3.8) is 0 Å². The van der Waals surface area contributed by atoms with Crippen molar-refractivity contribution in [1.82, 2.24) is 20.4 Å². The molecule has 3 aliphatic heterocycles. The molecule has 7 aliphatic rings. The molecule has 3 saturated heterocycles. The summed E-state index contributed by atoms with van der Waals surface area (Å²) in [6, 6.07) is 0.133. The average Bonchev–Trinajstić information content (AvgIpc) is 3.42. The van der Waals surface area contributed by atoms with Gasteiger partial charge in [0.1, 0.15) is 17.9 Å². The number of hydrogen-bond donors (Lipinski definition) is 2. The van der Waals surface area contributed by atoms with Crippen molar-refractivity contribution in [3.8, 4) is 0 Å². The highest BCUT2D eigenvalue weighted by Gasteiger charge is 2.71. The third-order valence-electron chi connectivity index (χ3n) is 14.5. The molecule has 3 heterocycles. The molecule has 4 aliphatic carbocycles. The Labute approximate surface area is 258 Å². The number of hydrogen-bond acceptors (Lipinski definition) is 6. The van der Waals surface area contributed by atoms with Gasteiger partial charge in [0, 0.05) is 62.4 Å². The molecule has 0 radical (unpaired) electrons. The Morgan fingerprint density at radius 2 is 1.77 bits per heavy atom. The Morgan fingerprint density at radius 3 is 2.49 bits per heavy atom. The summed E-state index contributed by atoms with van der Waals surface area (Å²) in [5, 5.41) is 7.06. The summed E-state index contributed by atoms with van der Waals surface area (Å²) in [5.41, 5.74) is -0.373. The zero-order chi connectivity index (χ0) is 30.3. The molecule has 240 valence electrons. The highest BCUT2D eigenvalue weighted by Crippen LogP contribution is 2.70. The summed E-state index contributed by atoms with van der Waals surface area (Å²) < 4.78 is 6.98. The van der Waals surface area contributed by atoms with E-state index < -0.39 is 0 Å². The second-order valence-electron chi connectivity index (χ2n) is 16.6. The minimum Gasteiger partial charge on any atom is -0.357 e. The van der Waals surface area contributed by atoms with Gasteiger partial charge in [0.2, 0.25) is 11.8 Å². The van der Waals surface area contributed by atoms with Crippen LogP contribution in [0.2, 0.25) is 0 Å². The van der Waals surface area contributed by atoms with Gasteiger partial charge < -0.3 is 19.9 Å². The van der Waals surface area contributed by atoms with Crippen LogP contribution in [0, 0.1) is 52.3 Å². The van der Waals surface area contributed by atoms with Gasteiger partial charge in [-0.2, -0.15) is 0 Å². The van der Waals surface area contributed by atoms with E-state index in [2.05, 4.69) is 50.3 Å². The number of rotatable bonds is 3. The van der Waals surface area contributed by atoms with Gasteiger partial charge >= 0.3 is 0 Å². The molecular weight excluding hydrogens is 540 g/mol. The van der Waals surface area contributed by atoms with E-state index in [0.29, 0.717) is 66.7 Å². The van der Waals surface area contributed by atoms with E-state index in [1.165, 1.54) is 19.3 Å². The summed E-state index contributed by atoms with van der Waals surface area (Å²) in [6.45, 7) is 13.6. The molecule has 2 N–H and O–H groups in total. The molecule has 1 spiro atoms. The molecule has 7 rings (SSSR count). The molecule has 4 saturated carbocycles. The number of nitrogens with one attached hydrogen (secondary N) is 2. The lowest BCUT2D eigenvalue weighted by Gasteiger charge is -2.60. The van der Waals surface area contributed by atoms with Crippen LogP contribution in [0.1, 0.15) is 91.9 Å². The topological polar surface area (TPSA) is 91.0 Å². The van der Waals surface area contributed by atoms with Crippen molar-refractivity contribution in [3.05, 3.63) is 0 Å². The van der Waals surface area contributed by atoms with E-state index >= 15 is 0 Å². The second kappa shape index (κ2) is 10.8. The van der Waals surface area contributed by atoms with E-state index in [0.717, 1.165) is 51.7 Å². The lowest BCUT2D eigenvalue weighted by molar-refractivity contribution is -0.160. The van der Waals surface area contributed by atoms with Crippen LogP contribution in [0.25, 0.3) is 0 Å². The van der Waals surface area contributed by atoms with Gasteiger partial charge in [-0.25, -0.2) is 0 Å². The molecule has 2 amide bonds. The SMILES string of the molecule is C[C@H]1CC[C@@]2(NC1)O[C@H]1C[C@H]3[C@@H]4CC[C@@H]5C[C@@H](NC(=O)CC(=O)N6CCN(C)CC6)CC[C@]5(C)[C@H]4CC(=O)[C@]3(C)[C@H]1[C@@H]2C. The maximum Gasteiger partial charge on any atom is 0.232 e. The van der Waals surface area contributed by atoms with Gasteiger partial charge in [0.25, 0.3) is 0 Å². The number of carbonyl (C=O) groups excluding carboxylic acids is 3. The normalized spacial score (nSPS) is 49.7. The van der Waals surface area contributed by atoms with Gasteiger partial charge in [0.05, 0.1) is 6.10 Å². The van der Waals surface area contributed by atoms with E-state index in [1.807, 2.05) is 4.90 Å². The van der Waals surface area contributed by atoms with Crippen LogP contribution in [-0.4, -0.2) is 85.0 Å². The van der Waals surface area contributed by atoms with Gasteiger partial charge in [-0.1, -0.05) is 27.7 Å². The Bertz CT molecular complexity index is 1130. The maximum atomic E-state index is 14.4. The highest BCUT2D eigenvalue weighted by atomic mass is 16.5. The Kier molecular flexibility index (Phi) is 7.57. The number of amides is 2. The molecule has 0 bridgehead atoms. The van der Waals surface area contributed by atoms with Crippen molar-refractivity contribution >= 4 is 17.6 Å². The molecular formula is C35H56N4O4. The maximum absolute atomic E-state index is 14.4. The van der Waals surface area contributed by atoms with Gasteiger partial charge in [-0.15, -0.1) is 0 Å². The fraction of sp³-hybridized carbons (Fsp3) is 0.914. The van der Waals surface area contributed by atoms with Crippen LogP contribution in [0.5, 0.6) is 0 Å². The third kappa shape index (κ3) is 4.74. The monoisotopic (exact) mass is 596 g/mol. The van der Waals surface area contributed by atoms with Gasteiger partial charge in [-0.3, -0.25) is 19.7 Å². The number of Topliss-reactive ketones (excluding diaryl/α,β-unsaturated/α-hetero) is 1. The van der Waals surface area contributed by atoms with Crippen molar-refractivity contribution in [2.45, 2.75) is 110 Å². The zero-order valence-corrected chi connectivity index (χ0v) is 27.3. The quantitative estimate of drug-likeness (QED) is 0.482. The first-order chi connectivity index (χ1) is 20.4. The molecule has 0 aromatic heterocycles. The largest absolute Gasteiger partial charge is 0.357 e. The fourth-order valence-electron chi connectivity index (χ4n) is 11.8. The number of ketones is 1. The van der Waals surface area contributed by atoms with E-state index in [4.69, 9.17) is 4.74 Å². The number of carbonyl (C=O) groups is 3. The predicted molar refractivity (Wildman–Crippen MR) is 165 cm³/mol. The highest BCUT2D eigenvalue weighted by molar-refractivity contribution is 5.97. The fourth-order valence-corrected chi connectivity index (χ4v) is 11.8. The first-order valence-electron chi connectivity index (χ1n) is 17.7. The number of nitrogens with zero attached hydrogens (tertiary/aromatic N) is 2. The molecule has 7 fully saturated rings. The number of piperidine rings is 1. The predicted octanol–water partition coefficient (Wildman–Crippen LogP) is 3.83. The summed E-state index contributed by atoms with van der Waals surface area (Å²) in [5.74, 6) is 3.66. The number of piperazine rings is 1. The van der Waals surface area contributed by atoms with Crippen molar-refractivity contribution < 1.29 is 19.1 Å². The standard InChI is InChI=1S/C35H56N4O4/c1-21-8-11-35(36-20-21)22(2)32-28(43-35)17-27-25-7-6-23-16-24(9-10-33(23,3)26(25)18-29(40)34(27,32)4)37-30(41)19-31(42)39-14-12-38(5)13-15-39/h21-28,32,36H,6-20H2,1-5H3,(H,37,41)/t21-,22-,23+,24-,25+,26-,27-,28-,32-,33-,34+,35+/m0/s1. The first-order valence-corrected chi connectivity index (χ1v) is 17.7. The summed E-state index contributed by atoms with van der Waals surface area (Å²) in [4.78, 5) is 44.1. The molecule has 0 unspecified atom stereocenters. The average molecular weight is 597 g/mol. The lowest BCUT2D eigenvalue weighted by Crippen LogP contribution is -2.60. The van der Waals surface area contributed by atoms with Crippen molar-refractivity contribution in [1.29, 1.82) is 0 Å². The van der Waals surface area contributed by atoms with Gasteiger partial charge in [-0.05, 0) is 93.4 Å². The van der Waals surface area contributed by atoms with Crippen LogP contribution in [0.4, 0.5) is 0 Å². The molecule has 0 aromatic carbocycles. The Balaban J connectivity index is 0.997.